The molecule has 1 aromatic heterocycles. The number of sulfonamides is 1. The third-order valence-corrected chi connectivity index (χ3v) is 7.80. The number of aromatic nitrogens is 2. The molecule has 0 atom stereocenters. The predicted molar refractivity (Wildman–Crippen MR) is 137 cm³/mol. The van der Waals surface area contributed by atoms with Gasteiger partial charge in [0.05, 0.1) is 4.90 Å². The Morgan fingerprint density at radius 2 is 1.60 bits per heavy atom. The number of anilines is 2. The molecular formula is C24H29N5O4S2. The molecule has 2 aromatic carbocycles. The summed E-state index contributed by atoms with van der Waals surface area (Å²) in [5.74, 6) is -0.428. The molecule has 0 aliphatic heterocycles. The zero-order valence-electron chi connectivity index (χ0n) is 19.9. The Kier molecular flexibility index (Phi) is 9.07. The highest BCUT2D eigenvalue weighted by molar-refractivity contribution is 7.89. The minimum atomic E-state index is -3.60. The fraction of sp³-hybridized carbons (Fsp3) is 0.333. The minimum Gasteiger partial charge on any atom is -0.326 e. The molecule has 0 saturated heterocycles. The SMILES string of the molecule is CCC(CC)C(=O)Nc1ccc(C(=O)Nc2nnc(CCNS(=O)(=O)c3ccc(C)cc3)s2)cc1. The van der Waals surface area contributed by atoms with Crippen molar-refractivity contribution in [3.05, 3.63) is 64.7 Å². The molecule has 3 aromatic rings. The topological polar surface area (TPSA) is 130 Å². The van der Waals surface area contributed by atoms with Crippen molar-refractivity contribution in [2.45, 2.75) is 44.9 Å². The van der Waals surface area contributed by atoms with Crippen LogP contribution in [0.3, 0.4) is 0 Å². The molecule has 186 valence electrons. The molecule has 0 spiro atoms. The lowest BCUT2D eigenvalue weighted by Crippen LogP contribution is -2.25. The van der Waals surface area contributed by atoms with E-state index in [-0.39, 0.29) is 29.2 Å². The smallest absolute Gasteiger partial charge is 0.257 e. The van der Waals surface area contributed by atoms with Gasteiger partial charge < -0.3 is 5.32 Å². The van der Waals surface area contributed by atoms with Gasteiger partial charge in [-0.3, -0.25) is 14.9 Å². The highest BCUT2D eigenvalue weighted by atomic mass is 32.2. The molecule has 2 amide bonds. The summed E-state index contributed by atoms with van der Waals surface area (Å²) in [5.41, 5.74) is 2.02. The maximum Gasteiger partial charge on any atom is 0.257 e. The zero-order chi connectivity index (χ0) is 25.4. The Labute approximate surface area is 209 Å². The van der Waals surface area contributed by atoms with Crippen LogP contribution in [-0.2, 0) is 21.2 Å². The standard InChI is InChI=1S/C24H29N5O4S2/c1-4-17(5-2)22(30)26-19-10-8-18(9-11-19)23(31)27-24-29-28-21(34-24)14-15-25-35(32,33)20-12-6-16(3)7-13-20/h6-13,17,25H,4-5,14-15H2,1-3H3,(H,26,30)(H,27,29,31). The molecule has 11 heteroatoms. The van der Waals surface area contributed by atoms with E-state index in [0.717, 1.165) is 18.4 Å². The molecule has 35 heavy (non-hydrogen) atoms. The van der Waals surface area contributed by atoms with Gasteiger partial charge in [-0.1, -0.05) is 42.9 Å². The highest BCUT2D eigenvalue weighted by Crippen LogP contribution is 2.19. The van der Waals surface area contributed by atoms with Crippen LogP contribution < -0.4 is 15.4 Å². The van der Waals surface area contributed by atoms with E-state index in [9.17, 15) is 18.0 Å². The lowest BCUT2D eigenvalue weighted by Gasteiger charge is -2.12. The van der Waals surface area contributed by atoms with E-state index >= 15 is 0 Å². The van der Waals surface area contributed by atoms with Gasteiger partial charge in [-0.05, 0) is 56.2 Å². The van der Waals surface area contributed by atoms with Gasteiger partial charge in [0.15, 0.2) is 0 Å². The van der Waals surface area contributed by atoms with Crippen molar-refractivity contribution >= 4 is 44.0 Å². The predicted octanol–water partition coefficient (Wildman–Crippen LogP) is 3.99. The molecule has 0 fully saturated rings. The van der Waals surface area contributed by atoms with Crippen molar-refractivity contribution < 1.29 is 18.0 Å². The molecule has 3 rings (SSSR count). The molecule has 3 N–H and O–H groups in total. The molecule has 0 radical (unpaired) electrons. The Bertz CT molecular complexity index is 1250. The maximum atomic E-state index is 12.5. The summed E-state index contributed by atoms with van der Waals surface area (Å²) in [4.78, 5) is 24.9. The van der Waals surface area contributed by atoms with Crippen LogP contribution in [0.5, 0.6) is 0 Å². The summed E-state index contributed by atoms with van der Waals surface area (Å²) in [6, 6.07) is 13.2. The average molecular weight is 516 g/mol. The van der Waals surface area contributed by atoms with Crippen LogP contribution in [0, 0.1) is 12.8 Å². The summed E-state index contributed by atoms with van der Waals surface area (Å²) >= 11 is 1.18. The highest BCUT2D eigenvalue weighted by Gasteiger charge is 2.16. The van der Waals surface area contributed by atoms with Crippen molar-refractivity contribution in [3.8, 4) is 0 Å². The van der Waals surface area contributed by atoms with Crippen molar-refractivity contribution in [3.63, 3.8) is 0 Å². The van der Waals surface area contributed by atoms with E-state index in [1.165, 1.54) is 11.3 Å². The summed E-state index contributed by atoms with van der Waals surface area (Å²) < 4.78 is 27.3. The molecule has 0 aliphatic rings. The van der Waals surface area contributed by atoms with Crippen LogP contribution in [0.25, 0.3) is 0 Å². The third-order valence-electron chi connectivity index (χ3n) is 5.42. The molecule has 1 heterocycles. The molecule has 0 saturated carbocycles. The summed E-state index contributed by atoms with van der Waals surface area (Å²) in [7, 11) is -3.60. The second-order valence-corrected chi connectivity index (χ2v) is 10.8. The van der Waals surface area contributed by atoms with Crippen LogP contribution >= 0.6 is 11.3 Å². The number of rotatable bonds is 11. The van der Waals surface area contributed by atoms with Crippen LogP contribution in [0.4, 0.5) is 10.8 Å². The molecule has 0 unspecified atom stereocenters. The van der Waals surface area contributed by atoms with E-state index in [1.54, 1.807) is 48.5 Å². The zero-order valence-corrected chi connectivity index (χ0v) is 21.5. The quantitative estimate of drug-likeness (QED) is 0.354. The van der Waals surface area contributed by atoms with Gasteiger partial charge in [0, 0.05) is 30.1 Å². The van der Waals surface area contributed by atoms with Gasteiger partial charge in [0.1, 0.15) is 5.01 Å². The second-order valence-electron chi connectivity index (χ2n) is 8.00. The Balaban J connectivity index is 1.50. The number of hydrogen-bond acceptors (Lipinski definition) is 7. The number of hydrogen-bond donors (Lipinski definition) is 3. The van der Waals surface area contributed by atoms with Crippen molar-refractivity contribution in [2.75, 3.05) is 17.2 Å². The van der Waals surface area contributed by atoms with E-state index in [1.807, 2.05) is 20.8 Å². The van der Waals surface area contributed by atoms with Crippen LogP contribution in [0.1, 0.15) is 47.6 Å². The number of aryl methyl sites for hydroxylation is 1. The summed E-state index contributed by atoms with van der Waals surface area (Å²) in [6.07, 6.45) is 1.88. The number of carbonyl (C=O) groups excluding carboxylic acids is 2. The third kappa shape index (κ3) is 7.41. The largest absolute Gasteiger partial charge is 0.326 e. The fourth-order valence-electron chi connectivity index (χ4n) is 3.28. The Morgan fingerprint density at radius 3 is 2.23 bits per heavy atom. The number of carbonyl (C=O) groups is 2. The fourth-order valence-corrected chi connectivity index (χ4v) is 5.04. The van der Waals surface area contributed by atoms with E-state index in [4.69, 9.17) is 0 Å². The lowest BCUT2D eigenvalue weighted by atomic mass is 10.0. The van der Waals surface area contributed by atoms with E-state index in [2.05, 4.69) is 25.6 Å². The average Bonchev–Trinajstić information content (AvgIpc) is 3.27. The lowest BCUT2D eigenvalue weighted by molar-refractivity contribution is -0.120. The van der Waals surface area contributed by atoms with Crippen LogP contribution in [0.15, 0.2) is 53.4 Å². The number of nitrogens with one attached hydrogen (secondary N) is 3. The maximum absolute atomic E-state index is 12.5. The van der Waals surface area contributed by atoms with Gasteiger partial charge in [0.25, 0.3) is 5.91 Å². The van der Waals surface area contributed by atoms with Gasteiger partial charge in [-0.2, -0.15) is 0 Å². The summed E-state index contributed by atoms with van der Waals surface area (Å²) in [5, 5.41) is 14.4. The van der Waals surface area contributed by atoms with Crippen LogP contribution in [-0.4, -0.2) is 37.0 Å². The van der Waals surface area contributed by atoms with Crippen LogP contribution in [0.2, 0.25) is 0 Å². The Hall–Kier alpha value is -3.15. The molecular weight excluding hydrogens is 486 g/mol. The molecule has 0 bridgehead atoms. The monoisotopic (exact) mass is 515 g/mol. The van der Waals surface area contributed by atoms with E-state index in [0.29, 0.717) is 27.8 Å². The minimum absolute atomic E-state index is 0.0326. The van der Waals surface area contributed by atoms with Gasteiger partial charge in [-0.15, -0.1) is 10.2 Å². The first kappa shape index (κ1) is 26.5. The normalized spacial score (nSPS) is 11.4. The van der Waals surface area contributed by atoms with Gasteiger partial charge in [0.2, 0.25) is 21.1 Å². The number of benzene rings is 2. The summed E-state index contributed by atoms with van der Waals surface area (Å²) in [6.45, 7) is 6.00. The molecule has 0 aliphatic carbocycles. The van der Waals surface area contributed by atoms with E-state index < -0.39 is 10.0 Å². The van der Waals surface area contributed by atoms with Gasteiger partial charge in [-0.25, -0.2) is 13.1 Å². The molecule has 9 nitrogen and oxygen atoms in total. The van der Waals surface area contributed by atoms with Crippen molar-refractivity contribution in [2.24, 2.45) is 5.92 Å². The first-order valence-corrected chi connectivity index (χ1v) is 13.6. The van der Waals surface area contributed by atoms with Crippen molar-refractivity contribution in [1.82, 2.24) is 14.9 Å². The second kappa shape index (κ2) is 12.0. The first-order chi connectivity index (χ1) is 16.7. The number of amides is 2. The van der Waals surface area contributed by atoms with Gasteiger partial charge >= 0.3 is 0 Å². The first-order valence-electron chi connectivity index (χ1n) is 11.3. The van der Waals surface area contributed by atoms with Crippen molar-refractivity contribution in [1.29, 1.82) is 0 Å². The Morgan fingerprint density at radius 1 is 0.943 bits per heavy atom. The number of nitrogens with zero attached hydrogens (tertiary/aromatic N) is 2.